The first-order valence-corrected chi connectivity index (χ1v) is 8.26. The molecule has 2 unspecified atom stereocenters. The number of nitrogens with zero attached hydrogens (tertiary/aromatic N) is 1. The molecule has 0 radical (unpaired) electrons. The highest BCUT2D eigenvalue weighted by atomic mass is 32.2. The molecule has 2 rings (SSSR count). The van der Waals surface area contributed by atoms with Crippen LogP contribution < -0.4 is 5.32 Å². The van der Waals surface area contributed by atoms with E-state index in [4.69, 9.17) is 4.74 Å². The lowest BCUT2D eigenvalue weighted by molar-refractivity contribution is -0.0170. The molecule has 0 amide bonds. The first-order valence-electron chi connectivity index (χ1n) is 6.82. The second-order valence-electron chi connectivity index (χ2n) is 5.24. The van der Waals surface area contributed by atoms with E-state index in [9.17, 15) is 8.42 Å². The van der Waals surface area contributed by atoms with Crippen LogP contribution in [0.4, 0.5) is 0 Å². The van der Waals surface area contributed by atoms with Crippen LogP contribution in [-0.2, 0) is 21.3 Å². The lowest BCUT2D eigenvalue weighted by Crippen LogP contribution is -2.50. The van der Waals surface area contributed by atoms with E-state index in [1.807, 2.05) is 33.0 Å². The number of hydrogen-bond acceptors (Lipinski definition) is 4. The molecule has 1 aliphatic rings. The zero-order chi connectivity index (χ0) is 14.8. The van der Waals surface area contributed by atoms with E-state index in [0.717, 1.165) is 12.1 Å². The zero-order valence-electron chi connectivity index (χ0n) is 12.2. The Morgan fingerprint density at radius 3 is 2.55 bits per heavy atom. The Balaban J connectivity index is 2.24. The molecular weight excluding hydrogens is 276 g/mol. The Labute approximate surface area is 121 Å². The van der Waals surface area contributed by atoms with Crippen molar-refractivity contribution in [3.63, 3.8) is 0 Å². The maximum absolute atomic E-state index is 12.7. The second kappa shape index (κ2) is 6.22. The van der Waals surface area contributed by atoms with Gasteiger partial charge in [-0.25, -0.2) is 8.42 Å². The van der Waals surface area contributed by atoms with Gasteiger partial charge in [0.15, 0.2) is 0 Å². The summed E-state index contributed by atoms with van der Waals surface area (Å²) in [5.41, 5.74) is 1.06. The molecule has 1 aromatic rings. The van der Waals surface area contributed by atoms with Crippen molar-refractivity contribution in [2.75, 3.05) is 20.2 Å². The van der Waals surface area contributed by atoms with E-state index in [0.29, 0.717) is 18.0 Å². The molecule has 2 atom stereocenters. The summed E-state index contributed by atoms with van der Waals surface area (Å²) in [7, 11) is -1.58. The average molecular weight is 298 g/mol. The van der Waals surface area contributed by atoms with Crippen molar-refractivity contribution in [2.45, 2.75) is 37.4 Å². The van der Waals surface area contributed by atoms with Gasteiger partial charge in [-0.05, 0) is 38.6 Å². The summed E-state index contributed by atoms with van der Waals surface area (Å²) in [6, 6.07) is 6.91. The third-order valence-electron chi connectivity index (χ3n) is 3.46. The third kappa shape index (κ3) is 3.20. The van der Waals surface area contributed by atoms with E-state index < -0.39 is 10.0 Å². The van der Waals surface area contributed by atoms with Gasteiger partial charge in [0, 0.05) is 19.1 Å². The van der Waals surface area contributed by atoms with Crippen LogP contribution in [0.3, 0.4) is 0 Å². The molecule has 0 spiro atoms. The SMILES string of the molecule is CNCc1ccc(S(=O)(=O)N2CC(C)OCC2C)cc1. The van der Waals surface area contributed by atoms with Crippen LogP contribution in [0.2, 0.25) is 0 Å². The smallest absolute Gasteiger partial charge is 0.243 e. The topological polar surface area (TPSA) is 58.6 Å². The lowest BCUT2D eigenvalue weighted by atomic mass is 10.2. The van der Waals surface area contributed by atoms with Crippen LogP contribution in [0.25, 0.3) is 0 Å². The molecule has 0 bridgehead atoms. The zero-order valence-corrected chi connectivity index (χ0v) is 13.0. The molecule has 20 heavy (non-hydrogen) atoms. The number of morpholine rings is 1. The van der Waals surface area contributed by atoms with Gasteiger partial charge in [-0.3, -0.25) is 0 Å². The molecule has 5 nitrogen and oxygen atoms in total. The molecule has 112 valence electrons. The van der Waals surface area contributed by atoms with Gasteiger partial charge in [-0.15, -0.1) is 0 Å². The van der Waals surface area contributed by atoms with E-state index >= 15 is 0 Å². The van der Waals surface area contributed by atoms with Crippen LogP contribution in [0.1, 0.15) is 19.4 Å². The van der Waals surface area contributed by atoms with E-state index in [1.165, 1.54) is 4.31 Å². The Hall–Kier alpha value is -0.950. The van der Waals surface area contributed by atoms with E-state index in [2.05, 4.69) is 5.32 Å². The van der Waals surface area contributed by atoms with Gasteiger partial charge < -0.3 is 10.1 Å². The summed E-state index contributed by atoms with van der Waals surface area (Å²) in [6.07, 6.45) is -0.0652. The van der Waals surface area contributed by atoms with Crippen LogP contribution in [0, 0.1) is 0 Å². The minimum Gasteiger partial charge on any atom is -0.375 e. The first kappa shape index (κ1) is 15.4. The van der Waals surface area contributed by atoms with Gasteiger partial charge in [-0.2, -0.15) is 4.31 Å². The largest absolute Gasteiger partial charge is 0.375 e. The summed E-state index contributed by atoms with van der Waals surface area (Å²) < 4.78 is 32.4. The van der Waals surface area contributed by atoms with Crippen molar-refractivity contribution in [1.82, 2.24) is 9.62 Å². The van der Waals surface area contributed by atoms with Gasteiger partial charge in [0.25, 0.3) is 0 Å². The Kier molecular flexibility index (Phi) is 4.80. The number of nitrogens with one attached hydrogen (secondary N) is 1. The van der Waals surface area contributed by atoms with Crippen molar-refractivity contribution < 1.29 is 13.2 Å². The first-order chi connectivity index (χ1) is 9.45. The molecule has 1 fully saturated rings. The van der Waals surface area contributed by atoms with Gasteiger partial charge in [0.05, 0.1) is 17.6 Å². The molecule has 0 aliphatic carbocycles. The quantitative estimate of drug-likeness (QED) is 0.907. The van der Waals surface area contributed by atoms with Crippen LogP contribution in [0.15, 0.2) is 29.2 Å². The lowest BCUT2D eigenvalue weighted by Gasteiger charge is -2.35. The molecule has 1 aliphatic heterocycles. The fraction of sp³-hybridized carbons (Fsp3) is 0.571. The predicted molar refractivity (Wildman–Crippen MR) is 78.0 cm³/mol. The number of benzene rings is 1. The second-order valence-corrected chi connectivity index (χ2v) is 7.13. The highest BCUT2D eigenvalue weighted by Gasteiger charge is 2.33. The van der Waals surface area contributed by atoms with Crippen molar-refractivity contribution in [3.05, 3.63) is 29.8 Å². The van der Waals surface area contributed by atoms with Gasteiger partial charge in [0.1, 0.15) is 0 Å². The summed E-state index contributed by atoms with van der Waals surface area (Å²) >= 11 is 0. The average Bonchev–Trinajstić information content (AvgIpc) is 2.42. The number of sulfonamides is 1. The highest BCUT2D eigenvalue weighted by molar-refractivity contribution is 7.89. The molecule has 1 saturated heterocycles. The van der Waals surface area contributed by atoms with Crippen LogP contribution in [0.5, 0.6) is 0 Å². The molecular formula is C14H22N2O3S. The normalized spacial score (nSPS) is 24.8. The molecule has 1 aromatic carbocycles. The fourth-order valence-electron chi connectivity index (χ4n) is 2.33. The maximum Gasteiger partial charge on any atom is 0.243 e. The van der Waals surface area contributed by atoms with Gasteiger partial charge >= 0.3 is 0 Å². The Morgan fingerprint density at radius 2 is 1.95 bits per heavy atom. The van der Waals surface area contributed by atoms with E-state index in [1.54, 1.807) is 12.1 Å². The molecule has 0 saturated carbocycles. The summed E-state index contributed by atoms with van der Waals surface area (Å²) in [5.74, 6) is 0. The number of ether oxygens (including phenoxy) is 1. The van der Waals surface area contributed by atoms with Crippen molar-refractivity contribution in [2.24, 2.45) is 0 Å². The standard InChI is InChI=1S/C14H22N2O3S/c1-11-10-19-12(2)9-16(11)20(17,18)14-6-4-13(5-7-14)8-15-3/h4-7,11-12,15H,8-10H2,1-3H3. The molecule has 6 heteroatoms. The van der Waals surface area contributed by atoms with Crippen LogP contribution >= 0.6 is 0 Å². The van der Waals surface area contributed by atoms with E-state index in [-0.39, 0.29) is 12.1 Å². The summed E-state index contributed by atoms with van der Waals surface area (Å²) in [5, 5.41) is 3.04. The van der Waals surface area contributed by atoms with Crippen molar-refractivity contribution >= 4 is 10.0 Å². The van der Waals surface area contributed by atoms with Crippen LogP contribution in [-0.4, -0.2) is 45.1 Å². The predicted octanol–water partition coefficient (Wildman–Crippen LogP) is 1.20. The molecule has 1 heterocycles. The monoisotopic (exact) mass is 298 g/mol. The molecule has 0 aromatic heterocycles. The maximum atomic E-state index is 12.7. The third-order valence-corrected chi connectivity index (χ3v) is 5.46. The van der Waals surface area contributed by atoms with Gasteiger partial charge in [-0.1, -0.05) is 12.1 Å². The highest BCUT2D eigenvalue weighted by Crippen LogP contribution is 2.22. The van der Waals surface area contributed by atoms with Crippen molar-refractivity contribution in [3.8, 4) is 0 Å². The Bertz CT molecular complexity index is 542. The minimum absolute atomic E-state index is 0.0652. The van der Waals surface area contributed by atoms with Crippen molar-refractivity contribution in [1.29, 1.82) is 0 Å². The Morgan fingerprint density at radius 1 is 1.30 bits per heavy atom. The number of rotatable bonds is 4. The fourth-order valence-corrected chi connectivity index (χ4v) is 4.02. The molecule has 1 N–H and O–H groups in total. The number of hydrogen-bond donors (Lipinski definition) is 1. The minimum atomic E-state index is -3.44. The summed E-state index contributed by atoms with van der Waals surface area (Å²) in [6.45, 7) is 5.34. The summed E-state index contributed by atoms with van der Waals surface area (Å²) in [4.78, 5) is 0.346. The van der Waals surface area contributed by atoms with Gasteiger partial charge in [0.2, 0.25) is 10.0 Å².